The second kappa shape index (κ2) is 9.61. The van der Waals surface area contributed by atoms with Crippen LogP contribution in [0.2, 0.25) is 0 Å². The van der Waals surface area contributed by atoms with Gasteiger partial charge >= 0.3 is 0 Å². The van der Waals surface area contributed by atoms with Crippen molar-refractivity contribution < 1.29 is 20.1 Å². The summed E-state index contributed by atoms with van der Waals surface area (Å²) >= 11 is 0. The van der Waals surface area contributed by atoms with E-state index in [1.165, 1.54) is 0 Å². The Morgan fingerprint density at radius 1 is 1.00 bits per heavy atom. The van der Waals surface area contributed by atoms with Crippen LogP contribution >= 0.6 is 0 Å². The number of piperidine rings is 1. The van der Waals surface area contributed by atoms with Gasteiger partial charge in [0.15, 0.2) is 0 Å². The summed E-state index contributed by atoms with van der Waals surface area (Å²) in [6.07, 6.45) is 6.40. The monoisotopic (exact) mass is 510 g/mol. The van der Waals surface area contributed by atoms with Gasteiger partial charge in [0.05, 0.1) is 11.7 Å². The highest BCUT2D eigenvalue weighted by Crippen LogP contribution is 2.56. The number of likely N-dealkylation sites (tertiary alicyclic amines) is 1. The smallest absolute Gasteiger partial charge is 0.255 e. The van der Waals surface area contributed by atoms with Crippen LogP contribution in [0, 0.1) is 5.92 Å². The summed E-state index contributed by atoms with van der Waals surface area (Å²) in [6, 6.07) is 19.4. The molecule has 6 nitrogen and oxygen atoms in total. The zero-order chi connectivity index (χ0) is 26.4. The number of carbonyl (C=O) groups is 1. The van der Waals surface area contributed by atoms with E-state index in [0.717, 1.165) is 47.2 Å². The van der Waals surface area contributed by atoms with Crippen LogP contribution in [0.5, 0.6) is 11.5 Å². The predicted molar refractivity (Wildman–Crippen MR) is 147 cm³/mol. The molecule has 1 fully saturated rings. The van der Waals surface area contributed by atoms with Crippen molar-refractivity contribution in [3.05, 3.63) is 95.1 Å². The first-order chi connectivity index (χ1) is 18.4. The van der Waals surface area contributed by atoms with Gasteiger partial charge in [-0.3, -0.25) is 4.79 Å². The normalized spacial score (nSPS) is 25.9. The molecule has 0 spiro atoms. The summed E-state index contributed by atoms with van der Waals surface area (Å²) in [5.41, 5.74) is 5.11. The number of aliphatic hydroxyl groups excluding tert-OH is 1. The number of rotatable bonds is 5. The number of nitrogens with one attached hydrogen (secondary N) is 1. The molecular weight excluding hydrogens is 476 g/mol. The van der Waals surface area contributed by atoms with Crippen LogP contribution in [0.15, 0.2) is 72.8 Å². The fourth-order valence-electron chi connectivity index (χ4n) is 6.97. The van der Waals surface area contributed by atoms with Gasteiger partial charge in [-0.25, -0.2) is 0 Å². The number of aromatic hydroxyl groups is 2. The molecule has 6 heteroatoms. The molecule has 2 aliphatic carbocycles. The van der Waals surface area contributed by atoms with Gasteiger partial charge < -0.3 is 25.5 Å². The molecule has 3 aliphatic rings. The number of carbonyl (C=O) groups excluding carboxylic acids is 1. The van der Waals surface area contributed by atoms with Gasteiger partial charge in [0.1, 0.15) is 11.5 Å². The van der Waals surface area contributed by atoms with Gasteiger partial charge in [-0.1, -0.05) is 54.6 Å². The Balaban J connectivity index is 1.18. The van der Waals surface area contributed by atoms with Crippen LogP contribution < -0.4 is 5.32 Å². The van der Waals surface area contributed by atoms with Crippen LogP contribution in [-0.4, -0.2) is 58.4 Å². The summed E-state index contributed by atoms with van der Waals surface area (Å²) in [6.45, 7) is 1.36. The van der Waals surface area contributed by atoms with E-state index in [9.17, 15) is 20.1 Å². The van der Waals surface area contributed by atoms with E-state index < -0.39 is 6.10 Å². The number of hydrogen-bond acceptors (Lipinski definition) is 5. The standard InChI is InChI=1S/C32H34N2O4/c1-34-17-15-32-19-25(36)11-13-27(32)28(34)18-23-8-12-26(30(37)29(23)32)31(38)33-16-14-20-2-4-21(5-3-20)22-6-9-24(35)10-7-22/h2-13,25,27-28,35-37H,14-19H2,1H3,(H,33,38)/t25-,27?,28+,32-/m0/s1. The third-order valence-corrected chi connectivity index (χ3v) is 8.93. The Labute approximate surface area is 223 Å². The van der Waals surface area contributed by atoms with E-state index in [4.69, 9.17) is 0 Å². The third kappa shape index (κ3) is 4.18. The van der Waals surface area contributed by atoms with Crippen LogP contribution in [0.25, 0.3) is 11.1 Å². The highest BCUT2D eigenvalue weighted by Gasteiger charge is 2.54. The van der Waals surface area contributed by atoms with Crippen molar-refractivity contribution in [3.8, 4) is 22.6 Å². The molecule has 1 amide bonds. The summed E-state index contributed by atoms with van der Waals surface area (Å²) in [5.74, 6) is 0.259. The number of fused-ring (bicyclic) bond motifs is 1. The minimum absolute atomic E-state index is 0.0775. The molecule has 3 aromatic carbocycles. The van der Waals surface area contributed by atoms with Crippen LogP contribution in [0.4, 0.5) is 0 Å². The highest BCUT2D eigenvalue weighted by molar-refractivity contribution is 5.97. The maximum Gasteiger partial charge on any atom is 0.255 e. The summed E-state index contributed by atoms with van der Waals surface area (Å²) in [4.78, 5) is 15.6. The number of phenolic OH excluding ortho intramolecular Hbond substituents is 2. The molecule has 6 rings (SSSR count). The van der Waals surface area contributed by atoms with E-state index in [1.54, 1.807) is 18.2 Å². The van der Waals surface area contributed by atoms with Crippen molar-refractivity contribution in [3.63, 3.8) is 0 Å². The van der Waals surface area contributed by atoms with Gasteiger partial charge in [-0.15, -0.1) is 0 Å². The first kappa shape index (κ1) is 24.7. The quantitative estimate of drug-likeness (QED) is 0.387. The minimum atomic E-state index is -0.543. The summed E-state index contributed by atoms with van der Waals surface area (Å²) in [5, 5.41) is 34.5. The highest BCUT2D eigenvalue weighted by atomic mass is 16.3. The topological polar surface area (TPSA) is 93.0 Å². The molecular formula is C32H34N2O4. The average molecular weight is 511 g/mol. The Hall–Kier alpha value is -3.61. The van der Waals surface area contributed by atoms with E-state index in [-0.39, 0.29) is 28.7 Å². The van der Waals surface area contributed by atoms with Crippen molar-refractivity contribution in [2.45, 2.75) is 43.2 Å². The molecule has 0 aromatic heterocycles. The first-order valence-electron chi connectivity index (χ1n) is 13.4. The van der Waals surface area contributed by atoms with E-state index in [1.807, 2.05) is 48.5 Å². The number of aliphatic hydroxyl groups is 1. The van der Waals surface area contributed by atoms with Gasteiger partial charge in [-0.2, -0.15) is 0 Å². The SMILES string of the molecule is CN1CC[C@]23C[C@@H](O)C=CC2[C@H]1Cc1ccc(C(=O)NCCc2ccc(-c4ccc(O)cc4)cc2)c(O)c13. The van der Waals surface area contributed by atoms with Crippen LogP contribution in [0.3, 0.4) is 0 Å². The largest absolute Gasteiger partial charge is 0.508 e. The fourth-order valence-corrected chi connectivity index (χ4v) is 6.97. The Bertz CT molecular complexity index is 1380. The molecule has 196 valence electrons. The molecule has 1 unspecified atom stereocenters. The van der Waals surface area contributed by atoms with Gasteiger partial charge in [0.25, 0.3) is 5.91 Å². The number of amides is 1. The van der Waals surface area contributed by atoms with Crippen molar-refractivity contribution in [2.24, 2.45) is 5.92 Å². The van der Waals surface area contributed by atoms with Crippen molar-refractivity contribution >= 4 is 5.91 Å². The average Bonchev–Trinajstić information content (AvgIpc) is 2.91. The van der Waals surface area contributed by atoms with Crippen LogP contribution in [-0.2, 0) is 18.3 Å². The third-order valence-electron chi connectivity index (χ3n) is 8.93. The number of likely N-dealkylation sites (N-methyl/N-ethyl adjacent to an activating group) is 1. The predicted octanol–water partition coefficient (Wildman–Crippen LogP) is 4.17. The number of hydrogen-bond donors (Lipinski definition) is 4. The Morgan fingerprint density at radius 3 is 2.45 bits per heavy atom. The summed E-state index contributed by atoms with van der Waals surface area (Å²) < 4.78 is 0. The lowest BCUT2D eigenvalue weighted by atomic mass is 9.53. The minimum Gasteiger partial charge on any atom is -0.508 e. The van der Waals surface area contributed by atoms with Crippen molar-refractivity contribution in [1.82, 2.24) is 10.2 Å². The van der Waals surface area contributed by atoms with E-state index >= 15 is 0 Å². The second-order valence-electron chi connectivity index (χ2n) is 11.1. The van der Waals surface area contributed by atoms with Gasteiger partial charge in [0, 0.05) is 29.5 Å². The molecule has 4 N–H and O–H groups in total. The lowest BCUT2D eigenvalue weighted by molar-refractivity contribution is 0.0195. The molecule has 3 aromatic rings. The van der Waals surface area contributed by atoms with Gasteiger partial charge in [0.2, 0.25) is 0 Å². The summed E-state index contributed by atoms with van der Waals surface area (Å²) in [7, 11) is 2.15. The molecule has 0 radical (unpaired) electrons. The fraction of sp³-hybridized carbons (Fsp3) is 0.344. The lowest BCUT2D eigenvalue weighted by Crippen LogP contribution is -2.60. The maximum atomic E-state index is 13.2. The first-order valence-corrected chi connectivity index (χ1v) is 13.4. The Kier molecular flexibility index (Phi) is 6.25. The van der Waals surface area contributed by atoms with E-state index in [2.05, 4.69) is 23.3 Å². The lowest BCUT2D eigenvalue weighted by Gasteiger charge is -2.57. The number of nitrogens with zero attached hydrogens (tertiary/aromatic N) is 1. The molecule has 38 heavy (non-hydrogen) atoms. The van der Waals surface area contributed by atoms with E-state index in [0.29, 0.717) is 31.0 Å². The maximum absolute atomic E-state index is 13.2. The zero-order valence-corrected chi connectivity index (χ0v) is 21.6. The van der Waals surface area contributed by atoms with Crippen molar-refractivity contribution in [1.29, 1.82) is 0 Å². The Morgan fingerprint density at radius 2 is 1.71 bits per heavy atom. The zero-order valence-electron chi connectivity index (χ0n) is 21.6. The molecule has 1 heterocycles. The van der Waals surface area contributed by atoms with Crippen LogP contribution in [0.1, 0.15) is 39.9 Å². The number of phenols is 2. The molecule has 0 saturated carbocycles. The molecule has 4 atom stereocenters. The molecule has 1 aliphatic heterocycles. The second-order valence-corrected chi connectivity index (χ2v) is 11.1. The molecule has 2 bridgehead atoms. The number of benzene rings is 3. The van der Waals surface area contributed by atoms with Gasteiger partial charge in [-0.05, 0) is 79.7 Å². The molecule has 1 saturated heterocycles. The van der Waals surface area contributed by atoms with Crippen molar-refractivity contribution in [2.75, 3.05) is 20.1 Å².